The maximum Gasteiger partial charge on any atom is 0.269 e. The van der Waals surface area contributed by atoms with E-state index in [-0.39, 0.29) is 16.7 Å². The zero-order valence-corrected chi connectivity index (χ0v) is 10.3. The van der Waals surface area contributed by atoms with Crippen LogP contribution in [-0.2, 0) is 0 Å². The monoisotopic (exact) mass is 268 g/mol. The summed E-state index contributed by atoms with van der Waals surface area (Å²) in [4.78, 5) is 27.7. The molecule has 0 amide bonds. The van der Waals surface area contributed by atoms with Crippen molar-refractivity contribution in [3.05, 3.63) is 70.5 Å². The first-order valence-electron chi connectivity index (χ1n) is 5.94. The van der Waals surface area contributed by atoms with Gasteiger partial charge in [0.25, 0.3) is 5.56 Å². The molecule has 0 saturated heterocycles. The molecule has 0 fully saturated rings. The lowest BCUT2D eigenvalue weighted by molar-refractivity contribution is 0.111. The Balaban J connectivity index is 2.48. The molecule has 20 heavy (non-hydrogen) atoms. The number of hydrogen-bond acceptors (Lipinski definition) is 3. The normalized spacial score (nSPS) is 10.7. The molecule has 1 heterocycles. The molecule has 0 atom stereocenters. The van der Waals surface area contributed by atoms with Gasteiger partial charge in [-0.25, -0.2) is 9.37 Å². The van der Waals surface area contributed by atoms with Gasteiger partial charge < -0.3 is 0 Å². The minimum Gasteiger partial charge on any atom is -0.294 e. The molecule has 5 heteroatoms. The van der Waals surface area contributed by atoms with Gasteiger partial charge in [0, 0.05) is 0 Å². The van der Waals surface area contributed by atoms with Crippen LogP contribution in [0, 0.1) is 5.82 Å². The smallest absolute Gasteiger partial charge is 0.269 e. The molecule has 0 unspecified atom stereocenters. The predicted molar refractivity (Wildman–Crippen MR) is 72.7 cm³/mol. The van der Waals surface area contributed by atoms with Crippen LogP contribution in [0.4, 0.5) is 4.39 Å². The quantitative estimate of drug-likeness (QED) is 0.670. The van der Waals surface area contributed by atoms with Crippen LogP contribution >= 0.6 is 0 Å². The van der Waals surface area contributed by atoms with Crippen molar-refractivity contribution in [2.45, 2.75) is 0 Å². The number of fused-ring (bicyclic) bond motifs is 1. The Morgan fingerprint density at radius 3 is 2.50 bits per heavy atom. The fraction of sp³-hybridized carbons (Fsp3) is 0. The van der Waals surface area contributed by atoms with E-state index < -0.39 is 11.4 Å². The van der Waals surface area contributed by atoms with Crippen LogP contribution in [0.15, 0.2) is 53.3 Å². The van der Waals surface area contributed by atoms with E-state index in [0.717, 1.165) is 4.57 Å². The van der Waals surface area contributed by atoms with Gasteiger partial charge in [0.05, 0.1) is 11.2 Å². The van der Waals surface area contributed by atoms with Crippen LogP contribution < -0.4 is 5.56 Å². The average Bonchev–Trinajstić information content (AvgIpc) is 2.47. The molecule has 0 aliphatic rings. The summed E-state index contributed by atoms with van der Waals surface area (Å²) in [6, 6.07) is 12.7. The lowest BCUT2D eigenvalue weighted by Crippen LogP contribution is -2.24. The lowest BCUT2D eigenvalue weighted by Gasteiger charge is -2.10. The summed E-state index contributed by atoms with van der Waals surface area (Å²) in [5.41, 5.74) is 0.0444. The second kappa shape index (κ2) is 4.70. The maximum absolute atomic E-state index is 13.8. The molecule has 1 aromatic heterocycles. The Labute approximate surface area is 113 Å². The van der Waals surface area contributed by atoms with Crippen molar-refractivity contribution in [1.82, 2.24) is 9.55 Å². The maximum atomic E-state index is 13.8. The number of aromatic nitrogens is 2. The third-order valence-electron chi connectivity index (χ3n) is 2.99. The van der Waals surface area contributed by atoms with Gasteiger partial charge >= 0.3 is 0 Å². The van der Waals surface area contributed by atoms with Crippen molar-refractivity contribution in [3.8, 4) is 5.69 Å². The highest BCUT2D eigenvalue weighted by molar-refractivity contribution is 5.82. The van der Waals surface area contributed by atoms with Crippen molar-refractivity contribution in [3.63, 3.8) is 0 Å². The van der Waals surface area contributed by atoms with Gasteiger partial charge in [-0.15, -0.1) is 0 Å². The first kappa shape index (κ1) is 12.2. The molecule has 0 saturated carbocycles. The number of carbonyl (C=O) groups is 1. The van der Waals surface area contributed by atoms with Gasteiger partial charge in [-0.1, -0.05) is 24.3 Å². The van der Waals surface area contributed by atoms with Gasteiger partial charge in [0.1, 0.15) is 11.2 Å². The van der Waals surface area contributed by atoms with E-state index in [4.69, 9.17) is 0 Å². The van der Waals surface area contributed by atoms with Crippen molar-refractivity contribution < 1.29 is 9.18 Å². The summed E-state index contributed by atoms with van der Waals surface area (Å²) in [7, 11) is 0. The molecule has 0 N–H and O–H groups in total. The van der Waals surface area contributed by atoms with E-state index in [1.54, 1.807) is 30.3 Å². The van der Waals surface area contributed by atoms with E-state index >= 15 is 0 Å². The molecular formula is C15H9FN2O2. The number of benzene rings is 2. The molecule has 0 aliphatic heterocycles. The molecule has 3 rings (SSSR count). The van der Waals surface area contributed by atoms with E-state index in [2.05, 4.69) is 4.98 Å². The number of nitrogens with zero attached hydrogens (tertiary/aromatic N) is 2. The topological polar surface area (TPSA) is 52.0 Å². The van der Waals surface area contributed by atoms with Gasteiger partial charge in [-0.3, -0.25) is 14.2 Å². The Morgan fingerprint density at radius 2 is 1.80 bits per heavy atom. The zero-order valence-electron chi connectivity index (χ0n) is 10.3. The van der Waals surface area contributed by atoms with Crippen LogP contribution in [0.3, 0.4) is 0 Å². The molecule has 0 bridgehead atoms. The standard InChI is InChI=1S/C15H9FN2O2/c16-11-7-4-8-12-14(11)15(20)18(13(9-19)17-12)10-5-2-1-3-6-10/h1-9H. The molecule has 2 aromatic carbocycles. The van der Waals surface area contributed by atoms with Crippen LogP contribution in [0.2, 0.25) is 0 Å². The Hall–Kier alpha value is -2.82. The Morgan fingerprint density at radius 1 is 1.05 bits per heavy atom. The minimum atomic E-state index is -0.651. The number of aldehydes is 1. The molecule has 0 radical (unpaired) electrons. The van der Waals surface area contributed by atoms with Crippen molar-refractivity contribution in [2.24, 2.45) is 0 Å². The van der Waals surface area contributed by atoms with Crippen molar-refractivity contribution >= 4 is 17.2 Å². The Bertz CT molecular complexity index is 857. The summed E-state index contributed by atoms with van der Waals surface area (Å²) < 4.78 is 14.9. The molecular weight excluding hydrogens is 259 g/mol. The number of carbonyl (C=O) groups excluding carboxylic acids is 1. The van der Waals surface area contributed by atoms with E-state index in [1.807, 2.05) is 0 Å². The van der Waals surface area contributed by atoms with Crippen LogP contribution in [0.5, 0.6) is 0 Å². The minimum absolute atomic E-state index is 0.0562. The highest BCUT2D eigenvalue weighted by Crippen LogP contribution is 2.14. The van der Waals surface area contributed by atoms with E-state index in [1.165, 1.54) is 18.2 Å². The van der Waals surface area contributed by atoms with Crippen molar-refractivity contribution in [2.75, 3.05) is 0 Å². The van der Waals surface area contributed by atoms with Gasteiger partial charge in [0.15, 0.2) is 12.1 Å². The second-order valence-corrected chi connectivity index (χ2v) is 4.20. The highest BCUT2D eigenvalue weighted by atomic mass is 19.1. The zero-order chi connectivity index (χ0) is 14.1. The number of rotatable bonds is 2. The molecule has 98 valence electrons. The summed E-state index contributed by atoms with van der Waals surface area (Å²) in [6.45, 7) is 0. The molecule has 4 nitrogen and oxygen atoms in total. The van der Waals surface area contributed by atoms with Gasteiger partial charge in [-0.2, -0.15) is 0 Å². The first-order valence-corrected chi connectivity index (χ1v) is 5.94. The van der Waals surface area contributed by atoms with Crippen molar-refractivity contribution in [1.29, 1.82) is 0 Å². The average molecular weight is 268 g/mol. The number of para-hydroxylation sites is 1. The highest BCUT2D eigenvalue weighted by Gasteiger charge is 2.14. The number of halogens is 1. The molecule has 0 aliphatic carbocycles. The predicted octanol–water partition coefficient (Wildman–Crippen LogP) is 2.34. The van der Waals surface area contributed by atoms with E-state index in [0.29, 0.717) is 12.0 Å². The third kappa shape index (κ3) is 1.80. The van der Waals surface area contributed by atoms with E-state index in [9.17, 15) is 14.0 Å². The summed E-state index contributed by atoms with van der Waals surface area (Å²) in [5, 5.41) is -0.123. The molecule has 0 spiro atoms. The number of hydrogen-bond donors (Lipinski definition) is 0. The third-order valence-corrected chi connectivity index (χ3v) is 2.99. The molecule has 3 aromatic rings. The van der Waals surface area contributed by atoms with Crippen LogP contribution in [0.1, 0.15) is 10.6 Å². The summed E-state index contributed by atoms with van der Waals surface area (Å²) in [5.74, 6) is -0.707. The second-order valence-electron chi connectivity index (χ2n) is 4.20. The lowest BCUT2D eigenvalue weighted by atomic mass is 10.2. The first-order chi connectivity index (χ1) is 9.72. The summed E-state index contributed by atoms with van der Waals surface area (Å²) in [6.07, 6.45) is 0.485. The fourth-order valence-corrected chi connectivity index (χ4v) is 2.11. The summed E-state index contributed by atoms with van der Waals surface area (Å²) >= 11 is 0. The van der Waals surface area contributed by atoms with Gasteiger partial charge in [-0.05, 0) is 24.3 Å². The Kier molecular flexibility index (Phi) is 2.87. The van der Waals surface area contributed by atoms with Crippen LogP contribution in [-0.4, -0.2) is 15.8 Å². The largest absolute Gasteiger partial charge is 0.294 e. The fourth-order valence-electron chi connectivity index (χ4n) is 2.11. The van der Waals surface area contributed by atoms with Gasteiger partial charge in [0.2, 0.25) is 0 Å². The van der Waals surface area contributed by atoms with Crippen LogP contribution in [0.25, 0.3) is 16.6 Å². The SMILES string of the molecule is O=Cc1nc2cccc(F)c2c(=O)n1-c1ccccc1.